The highest BCUT2D eigenvalue weighted by atomic mass is 16.5. The zero-order valence-corrected chi connectivity index (χ0v) is 13.1. The minimum absolute atomic E-state index is 0.0712. The number of aromatic nitrogens is 3. The van der Waals surface area contributed by atoms with Crippen LogP contribution in [0.2, 0.25) is 0 Å². The van der Waals surface area contributed by atoms with Gasteiger partial charge in [-0.15, -0.1) is 0 Å². The van der Waals surface area contributed by atoms with Crippen molar-refractivity contribution in [3.05, 3.63) is 52.3 Å². The maximum absolute atomic E-state index is 12.4. The average molecular weight is 330 g/mol. The molecule has 2 aromatic rings. The Morgan fingerprint density at radius 1 is 1.42 bits per heavy atom. The van der Waals surface area contributed by atoms with E-state index in [2.05, 4.69) is 20.3 Å². The van der Waals surface area contributed by atoms with Gasteiger partial charge in [-0.1, -0.05) is 6.07 Å². The van der Waals surface area contributed by atoms with Crippen LogP contribution in [0, 0.1) is 5.92 Å². The Balaban J connectivity index is 1.83. The molecule has 0 saturated heterocycles. The summed E-state index contributed by atoms with van der Waals surface area (Å²) in [4.78, 5) is 34.5. The van der Waals surface area contributed by atoms with Crippen molar-refractivity contribution in [3.8, 4) is 5.88 Å². The second-order valence-corrected chi connectivity index (χ2v) is 5.74. The Morgan fingerprint density at radius 2 is 2.21 bits per heavy atom. The monoisotopic (exact) mass is 330 g/mol. The molecule has 0 bridgehead atoms. The fraction of sp³-hybridized carbons (Fsp3) is 0.375. The van der Waals surface area contributed by atoms with Crippen LogP contribution in [-0.2, 0) is 0 Å². The molecule has 0 aromatic carbocycles. The summed E-state index contributed by atoms with van der Waals surface area (Å²) in [6.07, 6.45) is 5.14. The van der Waals surface area contributed by atoms with Gasteiger partial charge in [-0.3, -0.25) is 9.59 Å². The topological polar surface area (TPSA) is 117 Å². The molecular weight excluding hydrogens is 312 g/mol. The van der Waals surface area contributed by atoms with Gasteiger partial charge in [0.1, 0.15) is 0 Å². The predicted molar refractivity (Wildman–Crippen MR) is 84.6 cm³/mol. The number of nitrogens with one attached hydrogen (secondary N) is 2. The number of methoxy groups -OCH3 is 1. The first kappa shape index (κ1) is 16.1. The van der Waals surface area contributed by atoms with Crippen LogP contribution in [0.15, 0.2) is 35.5 Å². The lowest BCUT2D eigenvalue weighted by atomic mass is 9.75. The SMILES string of the molecule is COc1ccc([C@H](NC(=O)c2ncc[nH]c2=O)C2CC(O)C2)cn1. The molecule has 8 nitrogen and oxygen atoms in total. The molecule has 2 aromatic heterocycles. The van der Waals surface area contributed by atoms with Crippen molar-refractivity contribution in [1.29, 1.82) is 0 Å². The summed E-state index contributed by atoms with van der Waals surface area (Å²) in [6.45, 7) is 0. The first-order valence-electron chi connectivity index (χ1n) is 7.61. The van der Waals surface area contributed by atoms with E-state index in [4.69, 9.17) is 4.74 Å². The molecule has 0 radical (unpaired) electrons. The van der Waals surface area contributed by atoms with Crippen molar-refractivity contribution >= 4 is 5.91 Å². The second kappa shape index (κ2) is 6.79. The van der Waals surface area contributed by atoms with Crippen molar-refractivity contribution in [2.24, 2.45) is 5.92 Å². The minimum Gasteiger partial charge on any atom is -0.481 e. The second-order valence-electron chi connectivity index (χ2n) is 5.74. The van der Waals surface area contributed by atoms with Crippen LogP contribution in [-0.4, -0.2) is 39.2 Å². The molecule has 24 heavy (non-hydrogen) atoms. The number of rotatable bonds is 5. The van der Waals surface area contributed by atoms with Crippen molar-refractivity contribution in [2.75, 3.05) is 7.11 Å². The van der Waals surface area contributed by atoms with Crippen LogP contribution in [0.4, 0.5) is 0 Å². The number of aliphatic hydroxyl groups excluding tert-OH is 1. The molecule has 126 valence electrons. The quantitative estimate of drug-likeness (QED) is 0.731. The van der Waals surface area contributed by atoms with Crippen molar-refractivity contribution < 1.29 is 14.6 Å². The standard InChI is InChI=1S/C16H18N4O4/c1-24-12-3-2-9(8-19-12)13(10-6-11(21)7-10)20-16(23)14-15(22)18-5-4-17-14/h2-5,8,10-11,13,21H,6-7H2,1H3,(H,18,22)(H,20,23)/t10?,11?,13-/m0/s1. The molecule has 0 spiro atoms. The van der Waals surface area contributed by atoms with Gasteiger partial charge in [-0.2, -0.15) is 0 Å². The highest BCUT2D eigenvalue weighted by Crippen LogP contribution is 2.38. The maximum atomic E-state index is 12.4. The summed E-state index contributed by atoms with van der Waals surface area (Å²) >= 11 is 0. The van der Waals surface area contributed by atoms with Gasteiger partial charge in [0.15, 0.2) is 5.69 Å². The summed E-state index contributed by atoms with van der Waals surface area (Å²) in [5, 5.41) is 12.4. The number of hydrogen-bond acceptors (Lipinski definition) is 6. The summed E-state index contributed by atoms with van der Waals surface area (Å²) in [7, 11) is 1.52. The predicted octanol–water partition coefficient (Wildman–Crippen LogP) is 0.415. The van der Waals surface area contributed by atoms with Crippen LogP contribution in [0.3, 0.4) is 0 Å². The van der Waals surface area contributed by atoms with E-state index in [9.17, 15) is 14.7 Å². The third-order valence-electron chi connectivity index (χ3n) is 4.16. The van der Waals surface area contributed by atoms with Gasteiger partial charge in [0, 0.05) is 24.7 Å². The fourth-order valence-electron chi connectivity index (χ4n) is 2.79. The third-order valence-corrected chi connectivity index (χ3v) is 4.16. The molecule has 1 saturated carbocycles. The minimum atomic E-state index is -0.556. The van der Waals surface area contributed by atoms with E-state index in [1.54, 1.807) is 12.3 Å². The molecule has 1 fully saturated rings. The number of ether oxygens (including phenoxy) is 1. The van der Waals surface area contributed by atoms with E-state index in [0.717, 1.165) is 5.56 Å². The number of carbonyl (C=O) groups excluding carboxylic acids is 1. The zero-order valence-electron chi connectivity index (χ0n) is 13.1. The first-order valence-corrected chi connectivity index (χ1v) is 7.61. The lowest BCUT2D eigenvalue weighted by Crippen LogP contribution is -2.42. The van der Waals surface area contributed by atoms with Crippen LogP contribution in [0.25, 0.3) is 0 Å². The Hall–Kier alpha value is -2.74. The molecule has 2 heterocycles. The van der Waals surface area contributed by atoms with E-state index in [1.807, 2.05) is 6.07 Å². The lowest BCUT2D eigenvalue weighted by Gasteiger charge is -2.38. The zero-order chi connectivity index (χ0) is 17.1. The van der Waals surface area contributed by atoms with E-state index in [-0.39, 0.29) is 23.8 Å². The molecule has 0 unspecified atom stereocenters. The number of H-pyrrole nitrogens is 1. The van der Waals surface area contributed by atoms with Crippen molar-refractivity contribution in [1.82, 2.24) is 20.3 Å². The molecule has 0 aliphatic heterocycles. The van der Waals surface area contributed by atoms with Crippen LogP contribution in [0.1, 0.15) is 34.9 Å². The molecule has 1 aliphatic rings. The molecule has 1 atom stereocenters. The number of carbonyl (C=O) groups is 1. The molecule has 1 aliphatic carbocycles. The average Bonchev–Trinajstić information content (AvgIpc) is 2.57. The Morgan fingerprint density at radius 3 is 2.79 bits per heavy atom. The van der Waals surface area contributed by atoms with Crippen LogP contribution in [0.5, 0.6) is 5.88 Å². The molecular formula is C16H18N4O4. The number of hydrogen-bond donors (Lipinski definition) is 3. The maximum Gasteiger partial charge on any atom is 0.279 e. The molecule has 1 amide bonds. The van der Waals surface area contributed by atoms with Crippen molar-refractivity contribution in [2.45, 2.75) is 25.0 Å². The van der Waals surface area contributed by atoms with Gasteiger partial charge in [0.05, 0.1) is 19.3 Å². The van der Waals surface area contributed by atoms with Crippen molar-refractivity contribution in [3.63, 3.8) is 0 Å². The van der Waals surface area contributed by atoms with Gasteiger partial charge in [0.25, 0.3) is 11.5 Å². The normalized spacial score (nSPS) is 20.8. The first-order chi connectivity index (χ1) is 11.6. The molecule has 3 N–H and O–H groups in total. The summed E-state index contributed by atoms with van der Waals surface area (Å²) < 4.78 is 5.04. The largest absolute Gasteiger partial charge is 0.481 e. The van der Waals surface area contributed by atoms with E-state index >= 15 is 0 Å². The van der Waals surface area contributed by atoms with Gasteiger partial charge in [-0.25, -0.2) is 9.97 Å². The Labute approximate surface area is 137 Å². The van der Waals surface area contributed by atoms with Gasteiger partial charge >= 0.3 is 0 Å². The van der Waals surface area contributed by atoms with Gasteiger partial charge < -0.3 is 20.1 Å². The number of aromatic amines is 1. The highest BCUT2D eigenvalue weighted by Gasteiger charge is 2.36. The summed E-state index contributed by atoms with van der Waals surface area (Å²) in [6, 6.07) is 3.15. The Kier molecular flexibility index (Phi) is 4.57. The smallest absolute Gasteiger partial charge is 0.279 e. The number of nitrogens with zero attached hydrogens (tertiary/aromatic N) is 2. The van der Waals surface area contributed by atoms with Crippen LogP contribution < -0.4 is 15.6 Å². The van der Waals surface area contributed by atoms with Crippen LogP contribution >= 0.6 is 0 Å². The number of pyridine rings is 1. The fourth-order valence-corrected chi connectivity index (χ4v) is 2.79. The Bertz CT molecular complexity index is 768. The summed E-state index contributed by atoms with van der Waals surface area (Å²) in [5.74, 6) is -0.0142. The molecule has 3 rings (SSSR count). The lowest BCUT2D eigenvalue weighted by molar-refractivity contribution is 0.0234. The highest BCUT2D eigenvalue weighted by molar-refractivity contribution is 5.92. The summed E-state index contributed by atoms with van der Waals surface area (Å²) in [5.41, 5.74) is 0.0486. The van der Waals surface area contributed by atoms with Gasteiger partial charge in [-0.05, 0) is 24.3 Å². The number of aliphatic hydroxyl groups is 1. The number of amides is 1. The third kappa shape index (κ3) is 3.28. The molecule has 8 heteroatoms. The van der Waals surface area contributed by atoms with Gasteiger partial charge in [0.2, 0.25) is 5.88 Å². The van der Waals surface area contributed by atoms with E-state index in [1.165, 1.54) is 19.5 Å². The van der Waals surface area contributed by atoms with E-state index in [0.29, 0.717) is 18.7 Å². The van der Waals surface area contributed by atoms with E-state index < -0.39 is 11.5 Å².